The first-order valence-electron chi connectivity index (χ1n) is 6.26. The van der Waals surface area contributed by atoms with Crippen LogP contribution < -0.4 is 10.1 Å². The minimum Gasteiger partial charge on any atom is -0.496 e. The third-order valence-electron chi connectivity index (χ3n) is 3.19. The van der Waals surface area contributed by atoms with Crippen LogP contribution in [0.1, 0.15) is 5.56 Å². The summed E-state index contributed by atoms with van der Waals surface area (Å²) in [7, 11) is 1.66. The van der Waals surface area contributed by atoms with E-state index >= 15 is 0 Å². The number of halogens is 1. The first-order valence-corrected chi connectivity index (χ1v) is 6.64. The Hall–Kier alpha value is -2.20. The first kappa shape index (κ1) is 12.8. The van der Waals surface area contributed by atoms with Gasteiger partial charge < -0.3 is 10.1 Å². The van der Waals surface area contributed by atoms with Gasteiger partial charge in [-0.25, -0.2) is 0 Å². The Bertz CT molecular complexity index is 739. The van der Waals surface area contributed by atoms with Crippen LogP contribution in [0.15, 0.2) is 42.6 Å². The Morgan fingerprint density at radius 3 is 3.05 bits per heavy atom. The Kier molecular flexibility index (Phi) is 3.48. The van der Waals surface area contributed by atoms with Gasteiger partial charge in [0.2, 0.25) is 0 Å². The lowest BCUT2D eigenvalue weighted by Crippen LogP contribution is -2.02. The highest BCUT2D eigenvalue weighted by atomic mass is 35.5. The number of H-pyrrole nitrogens is 1. The van der Waals surface area contributed by atoms with Crippen LogP contribution in [0, 0.1) is 0 Å². The molecule has 2 aromatic carbocycles. The van der Waals surface area contributed by atoms with Gasteiger partial charge in [-0.05, 0) is 24.3 Å². The fraction of sp³-hybridized carbons (Fsp3) is 0.133. The van der Waals surface area contributed by atoms with Crippen molar-refractivity contribution < 1.29 is 4.74 Å². The van der Waals surface area contributed by atoms with E-state index in [0.29, 0.717) is 11.6 Å². The van der Waals surface area contributed by atoms with Gasteiger partial charge in [-0.15, -0.1) is 0 Å². The maximum Gasteiger partial charge on any atom is 0.123 e. The fourth-order valence-corrected chi connectivity index (χ4v) is 2.39. The van der Waals surface area contributed by atoms with Gasteiger partial charge in [0.25, 0.3) is 0 Å². The highest BCUT2D eigenvalue weighted by Gasteiger charge is 2.06. The Morgan fingerprint density at radius 1 is 1.30 bits per heavy atom. The molecule has 20 heavy (non-hydrogen) atoms. The zero-order valence-electron chi connectivity index (χ0n) is 11.0. The number of aromatic nitrogens is 2. The maximum absolute atomic E-state index is 6.03. The summed E-state index contributed by atoms with van der Waals surface area (Å²) in [6.07, 6.45) is 1.81. The number of benzene rings is 2. The van der Waals surface area contributed by atoms with Crippen molar-refractivity contribution in [3.8, 4) is 5.75 Å². The molecule has 5 heteroatoms. The predicted molar refractivity (Wildman–Crippen MR) is 81.4 cm³/mol. The van der Waals surface area contributed by atoms with E-state index in [9.17, 15) is 0 Å². The third kappa shape index (κ3) is 2.42. The second kappa shape index (κ2) is 5.43. The number of methoxy groups -OCH3 is 1. The van der Waals surface area contributed by atoms with E-state index in [2.05, 4.69) is 15.5 Å². The Labute approximate surface area is 121 Å². The van der Waals surface area contributed by atoms with Crippen LogP contribution in [0.2, 0.25) is 5.02 Å². The van der Waals surface area contributed by atoms with E-state index in [4.69, 9.17) is 16.3 Å². The van der Waals surface area contributed by atoms with Crippen LogP contribution in [0.5, 0.6) is 5.75 Å². The van der Waals surface area contributed by atoms with Gasteiger partial charge in [-0.1, -0.05) is 23.7 Å². The largest absolute Gasteiger partial charge is 0.496 e. The molecule has 0 bridgehead atoms. The summed E-state index contributed by atoms with van der Waals surface area (Å²) >= 11 is 6.03. The third-order valence-corrected chi connectivity index (χ3v) is 3.42. The number of fused-ring (bicyclic) bond motifs is 1. The van der Waals surface area contributed by atoms with Crippen LogP contribution in [-0.2, 0) is 6.54 Å². The standard InChI is InChI=1S/C15H14ClN3O/c1-20-14-6-5-12(16)7-11(14)8-17-13-4-2-3-10-9-18-19-15(10)13/h2-7,9,17H,8H2,1H3,(H,18,19). The molecule has 0 aliphatic rings. The molecule has 3 rings (SSSR count). The minimum absolute atomic E-state index is 0.627. The lowest BCUT2D eigenvalue weighted by Gasteiger charge is -2.11. The summed E-state index contributed by atoms with van der Waals surface area (Å²) in [4.78, 5) is 0. The van der Waals surface area contributed by atoms with Gasteiger partial charge in [0, 0.05) is 22.5 Å². The molecule has 0 spiro atoms. The van der Waals surface area contributed by atoms with Crippen molar-refractivity contribution in [1.82, 2.24) is 10.2 Å². The van der Waals surface area contributed by atoms with Gasteiger partial charge in [0.1, 0.15) is 5.75 Å². The van der Waals surface area contributed by atoms with E-state index in [1.54, 1.807) is 13.3 Å². The normalized spacial score (nSPS) is 10.7. The van der Waals surface area contributed by atoms with Crippen molar-refractivity contribution in [1.29, 1.82) is 0 Å². The summed E-state index contributed by atoms with van der Waals surface area (Å²) in [5.74, 6) is 0.818. The SMILES string of the molecule is COc1ccc(Cl)cc1CNc1cccc2cn[nH]c12. The minimum atomic E-state index is 0.627. The molecular weight excluding hydrogens is 274 g/mol. The number of para-hydroxylation sites is 1. The summed E-state index contributed by atoms with van der Waals surface area (Å²) in [6.45, 7) is 0.627. The van der Waals surface area contributed by atoms with Gasteiger partial charge in [0.05, 0.1) is 24.5 Å². The molecule has 0 fully saturated rings. The number of ether oxygens (including phenoxy) is 1. The zero-order valence-corrected chi connectivity index (χ0v) is 11.7. The molecule has 0 amide bonds. The van der Waals surface area contributed by atoms with Gasteiger partial charge in [0.15, 0.2) is 0 Å². The van der Waals surface area contributed by atoms with Gasteiger partial charge in [-0.2, -0.15) is 5.10 Å². The molecule has 0 unspecified atom stereocenters. The molecular formula is C15H14ClN3O. The van der Waals surface area contributed by atoms with E-state index in [-0.39, 0.29) is 0 Å². The van der Waals surface area contributed by atoms with E-state index in [1.165, 1.54) is 0 Å². The molecule has 0 aliphatic carbocycles. The van der Waals surface area contributed by atoms with Gasteiger partial charge >= 0.3 is 0 Å². The van der Waals surface area contributed by atoms with Crippen molar-refractivity contribution in [3.63, 3.8) is 0 Å². The average Bonchev–Trinajstić information content (AvgIpc) is 2.94. The molecule has 0 aliphatic heterocycles. The Morgan fingerprint density at radius 2 is 2.20 bits per heavy atom. The topological polar surface area (TPSA) is 49.9 Å². The highest BCUT2D eigenvalue weighted by molar-refractivity contribution is 6.30. The van der Waals surface area contributed by atoms with Crippen molar-refractivity contribution in [2.45, 2.75) is 6.54 Å². The highest BCUT2D eigenvalue weighted by Crippen LogP contribution is 2.25. The molecule has 1 heterocycles. The van der Waals surface area contributed by atoms with Crippen molar-refractivity contribution >= 4 is 28.2 Å². The summed E-state index contributed by atoms with van der Waals surface area (Å²) in [6, 6.07) is 11.6. The number of hydrogen-bond donors (Lipinski definition) is 2. The molecule has 4 nitrogen and oxygen atoms in total. The second-order valence-electron chi connectivity index (χ2n) is 4.45. The number of hydrogen-bond acceptors (Lipinski definition) is 3. The zero-order chi connectivity index (χ0) is 13.9. The number of rotatable bonds is 4. The summed E-state index contributed by atoms with van der Waals surface area (Å²) in [5.41, 5.74) is 3.01. The Balaban J connectivity index is 1.86. The van der Waals surface area contributed by atoms with Crippen molar-refractivity contribution in [2.75, 3.05) is 12.4 Å². The van der Waals surface area contributed by atoms with E-state index < -0.39 is 0 Å². The van der Waals surface area contributed by atoms with Crippen LogP contribution in [-0.4, -0.2) is 17.3 Å². The van der Waals surface area contributed by atoms with Crippen LogP contribution in [0.25, 0.3) is 10.9 Å². The lowest BCUT2D eigenvalue weighted by atomic mass is 10.2. The summed E-state index contributed by atoms with van der Waals surface area (Å²) in [5, 5.41) is 12.2. The molecule has 2 N–H and O–H groups in total. The van der Waals surface area contributed by atoms with Crippen LogP contribution in [0.4, 0.5) is 5.69 Å². The molecule has 0 saturated heterocycles. The molecule has 0 atom stereocenters. The fourth-order valence-electron chi connectivity index (χ4n) is 2.19. The number of anilines is 1. The first-order chi connectivity index (χ1) is 9.78. The van der Waals surface area contributed by atoms with Crippen molar-refractivity contribution in [2.24, 2.45) is 0 Å². The predicted octanol–water partition coefficient (Wildman–Crippen LogP) is 3.84. The number of nitrogens with zero attached hydrogens (tertiary/aromatic N) is 1. The van der Waals surface area contributed by atoms with Gasteiger partial charge in [-0.3, -0.25) is 5.10 Å². The monoisotopic (exact) mass is 287 g/mol. The number of aromatic amines is 1. The molecule has 0 radical (unpaired) electrons. The van der Waals surface area contributed by atoms with E-state index in [1.807, 2.05) is 36.4 Å². The van der Waals surface area contributed by atoms with Crippen LogP contribution >= 0.6 is 11.6 Å². The molecule has 0 saturated carbocycles. The quantitative estimate of drug-likeness (QED) is 0.766. The maximum atomic E-state index is 6.03. The smallest absolute Gasteiger partial charge is 0.123 e. The molecule has 1 aromatic heterocycles. The summed E-state index contributed by atoms with van der Waals surface area (Å²) < 4.78 is 5.34. The van der Waals surface area contributed by atoms with Crippen molar-refractivity contribution in [3.05, 3.63) is 53.2 Å². The number of nitrogens with one attached hydrogen (secondary N) is 2. The second-order valence-corrected chi connectivity index (χ2v) is 4.89. The van der Waals surface area contributed by atoms with E-state index in [0.717, 1.165) is 27.9 Å². The average molecular weight is 288 g/mol. The molecule has 102 valence electrons. The van der Waals surface area contributed by atoms with Crippen LogP contribution in [0.3, 0.4) is 0 Å². The lowest BCUT2D eigenvalue weighted by molar-refractivity contribution is 0.410. The molecule has 3 aromatic rings.